The molecule has 0 N–H and O–H groups in total. The Labute approximate surface area is 210 Å². The number of aromatic nitrogens is 2. The number of esters is 1. The van der Waals surface area contributed by atoms with E-state index >= 15 is 0 Å². The first-order chi connectivity index (χ1) is 17.3. The predicted molar refractivity (Wildman–Crippen MR) is 136 cm³/mol. The molecule has 0 bridgehead atoms. The van der Waals surface area contributed by atoms with Crippen LogP contribution in [-0.2, 0) is 17.6 Å². The molecule has 5 rings (SSSR count). The van der Waals surface area contributed by atoms with Gasteiger partial charge < -0.3 is 9.64 Å². The van der Waals surface area contributed by atoms with Crippen molar-refractivity contribution >= 4 is 11.9 Å². The molecule has 2 aliphatic rings. The number of fused-ring (bicyclic) bond motifs is 3. The molecule has 1 aliphatic carbocycles. The Kier molecular flexibility index (Phi) is 6.24. The van der Waals surface area contributed by atoms with Gasteiger partial charge in [0.2, 0.25) is 11.2 Å². The van der Waals surface area contributed by atoms with Crippen LogP contribution >= 0.6 is 0 Å². The predicted octanol–water partition coefficient (Wildman–Crippen LogP) is 4.14. The van der Waals surface area contributed by atoms with Crippen LogP contribution in [-0.4, -0.2) is 39.1 Å². The van der Waals surface area contributed by atoms with Crippen molar-refractivity contribution in [2.75, 3.05) is 6.54 Å². The first-order valence-corrected chi connectivity index (χ1v) is 12.6. The lowest BCUT2D eigenvalue weighted by Crippen LogP contribution is -2.50. The van der Waals surface area contributed by atoms with Gasteiger partial charge in [0.1, 0.15) is 0 Å². The quantitative estimate of drug-likeness (QED) is 0.519. The van der Waals surface area contributed by atoms with Crippen molar-refractivity contribution in [1.29, 1.82) is 0 Å². The maximum absolute atomic E-state index is 13.7. The zero-order valence-corrected chi connectivity index (χ0v) is 21.1. The fraction of sp³-hybridized carbons (Fsp3) is 0.379. The zero-order valence-electron chi connectivity index (χ0n) is 21.1. The molecule has 0 spiro atoms. The van der Waals surface area contributed by atoms with Gasteiger partial charge >= 0.3 is 5.97 Å². The van der Waals surface area contributed by atoms with E-state index in [1.165, 1.54) is 22.3 Å². The van der Waals surface area contributed by atoms with Crippen LogP contribution in [0.1, 0.15) is 72.4 Å². The molecule has 0 saturated heterocycles. The van der Waals surface area contributed by atoms with Crippen molar-refractivity contribution < 1.29 is 14.3 Å². The summed E-state index contributed by atoms with van der Waals surface area (Å²) in [5.74, 6) is -1.70. The lowest BCUT2D eigenvalue weighted by Gasteiger charge is -2.41. The van der Waals surface area contributed by atoms with Gasteiger partial charge in [-0.3, -0.25) is 19.1 Å². The third-order valence-corrected chi connectivity index (χ3v) is 7.25. The van der Waals surface area contributed by atoms with E-state index in [0.29, 0.717) is 6.54 Å². The molecule has 1 amide bonds. The molecule has 7 heteroatoms. The van der Waals surface area contributed by atoms with E-state index in [1.54, 1.807) is 23.4 Å². The molecule has 7 nitrogen and oxygen atoms in total. The summed E-state index contributed by atoms with van der Waals surface area (Å²) >= 11 is 0. The molecule has 0 saturated carbocycles. The van der Waals surface area contributed by atoms with Crippen LogP contribution in [0.2, 0.25) is 0 Å². The monoisotopic (exact) mass is 485 g/mol. The summed E-state index contributed by atoms with van der Waals surface area (Å²) in [6.07, 6.45) is 3.00. The zero-order chi connectivity index (χ0) is 25.6. The molecule has 0 radical (unpaired) electrons. The third-order valence-electron chi connectivity index (χ3n) is 7.25. The Morgan fingerprint density at radius 3 is 2.08 bits per heavy atom. The fourth-order valence-electron chi connectivity index (χ4n) is 5.39. The molecule has 0 fully saturated rings. The maximum atomic E-state index is 13.7. The van der Waals surface area contributed by atoms with Crippen molar-refractivity contribution in [1.82, 2.24) is 14.7 Å². The maximum Gasteiger partial charge on any atom is 0.313 e. The van der Waals surface area contributed by atoms with Gasteiger partial charge in [0, 0.05) is 18.5 Å². The van der Waals surface area contributed by atoms with Gasteiger partial charge in [-0.15, -0.1) is 0 Å². The molecule has 1 atom stereocenters. The fourth-order valence-corrected chi connectivity index (χ4v) is 5.39. The number of aryl methyl sites for hydroxylation is 2. The number of amides is 1. The third kappa shape index (κ3) is 4.02. The molecule has 2 aromatic carbocycles. The number of carbonyl (C=O) groups is 2. The average molecular weight is 486 g/mol. The second kappa shape index (κ2) is 9.37. The number of hydrogen-bond donors (Lipinski definition) is 0. The molecule has 2 heterocycles. The summed E-state index contributed by atoms with van der Waals surface area (Å²) in [5.41, 5.74) is 4.38. The van der Waals surface area contributed by atoms with Gasteiger partial charge in [-0.25, -0.2) is 0 Å². The minimum absolute atomic E-state index is 0.0423. The molecule has 1 unspecified atom stereocenters. The van der Waals surface area contributed by atoms with Crippen molar-refractivity contribution in [2.24, 2.45) is 5.92 Å². The van der Waals surface area contributed by atoms with Gasteiger partial charge in [0.25, 0.3) is 5.91 Å². The number of benzene rings is 2. The van der Waals surface area contributed by atoms with E-state index in [9.17, 15) is 14.4 Å². The van der Waals surface area contributed by atoms with Gasteiger partial charge in [-0.1, -0.05) is 62.4 Å². The van der Waals surface area contributed by atoms with Gasteiger partial charge in [-0.05, 0) is 48.9 Å². The summed E-state index contributed by atoms with van der Waals surface area (Å²) in [7, 11) is 0. The van der Waals surface area contributed by atoms with Crippen LogP contribution in [0.4, 0.5) is 0 Å². The molecule has 3 aromatic rings. The van der Waals surface area contributed by atoms with Crippen LogP contribution < -0.4 is 10.2 Å². The Bertz CT molecular complexity index is 1340. The number of carbonyl (C=O) groups excluding carboxylic acids is 2. The first kappa shape index (κ1) is 24.0. The number of nitrogens with zero attached hydrogens (tertiary/aromatic N) is 3. The van der Waals surface area contributed by atoms with Crippen molar-refractivity contribution in [3.63, 3.8) is 0 Å². The summed E-state index contributed by atoms with van der Waals surface area (Å²) in [4.78, 5) is 40.9. The highest BCUT2D eigenvalue weighted by atomic mass is 16.5. The lowest BCUT2D eigenvalue weighted by molar-refractivity contribution is -0.137. The smallest absolute Gasteiger partial charge is 0.313 e. The van der Waals surface area contributed by atoms with E-state index in [4.69, 9.17) is 4.74 Å². The minimum Gasteiger partial charge on any atom is -0.420 e. The first-order valence-electron chi connectivity index (χ1n) is 12.6. The largest absolute Gasteiger partial charge is 0.420 e. The number of ether oxygens (including phenoxy) is 1. The Hall–Kier alpha value is -3.74. The van der Waals surface area contributed by atoms with Crippen LogP contribution in [0.25, 0.3) is 0 Å². The Morgan fingerprint density at radius 2 is 1.53 bits per heavy atom. The number of rotatable bonds is 4. The Morgan fingerprint density at radius 1 is 0.944 bits per heavy atom. The van der Waals surface area contributed by atoms with E-state index in [-0.39, 0.29) is 35.4 Å². The Balaban J connectivity index is 1.77. The van der Waals surface area contributed by atoms with Gasteiger partial charge in [0.15, 0.2) is 5.69 Å². The summed E-state index contributed by atoms with van der Waals surface area (Å²) in [6.45, 7) is 7.71. The standard InChI is InChI=1S/C29H31N3O4/c1-17(2)29(35)36-27-24(33)15-30-32-23(16-31(18(3)4)28(34)26(27)32)25-21-11-7-5-9-19(21)13-14-20-10-6-8-12-22(20)25/h5-12,15,17-18,23,25H,13-14,16H2,1-4H3. The van der Waals surface area contributed by atoms with E-state index in [0.717, 1.165) is 19.0 Å². The lowest BCUT2D eigenvalue weighted by atomic mass is 9.81. The van der Waals surface area contributed by atoms with Crippen LogP contribution in [0, 0.1) is 5.92 Å². The second-order valence-corrected chi connectivity index (χ2v) is 10.2. The number of hydrogen-bond acceptors (Lipinski definition) is 5. The molecule has 186 valence electrons. The second-order valence-electron chi connectivity index (χ2n) is 10.2. The van der Waals surface area contributed by atoms with Gasteiger partial charge in [-0.2, -0.15) is 5.10 Å². The van der Waals surface area contributed by atoms with Crippen LogP contribution in [0.5, 0.6) is 5.75 Å². The normalized spacial score (nSPS) is 17.4. The molecular weight excluding hydrogens is 454 g/mol. The summed E-state index contributed by atoms with van der Waals surface area (Å²) in [5, 5.41) is 4.47. The highest BCUT2D eigenvalue weighted by Crippen LogP contribution is 2.44. The van der Waals surface area contributed by atoms with Crippen molar-refractivity contribution in [3.8, 4) is 5.75 Å². The van der Waals surface area contributed by atoms with Gasteiger partial charge in [0.05, 0.1) is 18.2 Å². The van der Waals surface area contributed by atoms with E-state index in [1.807, 2.05) is 26.0 Å². The topological polar surface area (TPSA) is 81.5 Å². The summed E-state index contributed by atoms with van der Waals surface area (Å²) < 4.78 is 7.18. The minimum atomic E-state index is -0.574. The highest BCUT2D eigenvalue weighted by Gasteiger charge is 2.42. The molecule has 1 aliphatic heterocycles. The van der Waals surface area contributed by atoms with Crippen LogP contribution in [0.15, 0.2) is 59.5 Å². The van der Waals surface area contributed by atoms with Crippen LogP contribution in [0.3, 0.4) is 0 Å². The average Bonchev–Trinajstić information content (AvgIpc) is 3.02. The molecule has 36 heavy (non-hydrogen) atoms. The summed E-state index contributed by atoms with van der Waals surface area (Å²) in [6, 6.07) is 16.4. The molecule has 1 aromatic heterocycles. The molecular formula is C29H31N3O4. The SMILES string of the molecule is CC(C)C(=O)Oc1c2n(ncc1=O)C(C1c3ccccc3CCc3ccccc31)CN(C(C)C)C2=O. The van der Waals surface area contributed by atoms with Crippen molar-refractivity contribution in [2.45, 2.75) is 58.5 Å². The highest BCUT2D eigenvalue weighted by molar-refractivity contribution is 5.97. The van der Waals surface area contributed by atoms with E-state index in [2.05, 4.69) is 41.5 Å². The van der Waals surface area contributed by atoms with Crippen molar-refractivity contribution in [3.05, 3.63) is 92.9 Å². The van der Waals surface area contributed by atoms with E-state index < -0.39 is 17.3 Å².